The topological polar surface area (TPSA) is 81.2 Å². The smallest absolute Gasteiger partial charge is 0.246 e. The lowest BCUT2D eigenvalue weighted by atomic mass is 9.89. The van der Waals surface area contributed by atoms with Gasteiger partial charge >= 0.3 is 0 Å². The second-order valence-electron chi connectivity index (χ2n) is 5.87. The van der Waals surface area contributed by atoms with Crippen molar-refractivity contribution in [3.63, 3.8) is 0 Å². The summed E-state index contributed by atoms with van der Waals surface area (Å²) in [5.41, 5.74) is 7.04. The Balaban J connectivity index is 1.87. The summed E-state index contributed by atoms with van der Waals surface area (Å²) in [5.74, 6) is 0.269. The molecule has 0 saturated carbocycles. The highest BCUT2D eigenvalue weighted by atomic mass is 32.2. The van der Waals surface area contributed by atoms with Gasteiger partial charge in [0.25, 0.3) is 0 Å². The van der Waals surface area contributed by atoms with E-state index in [9.17, 15) is 8.42 Å². The molecule has 0 unspecified atom stereocenters. The van der Waals surface area contributed by atoms with Crippen molar-refractivity contribution in [1.82, 2.24) is 14.1 Å². The Hall–Kier alpha value is -1.70. The van der Waals surface area contributed by atoms with Crippen LogP contribution in [0.15, 0.2) is 47.6 Å². The first-order valence-corrected chi connectivity index (χ1v) is 9.28. The van der Waals surface area contributed by atoms with Crippen LogP contribution in [0.2, 0.25) is 0 Å². The molecule has 0 radical (unpaired) electrons. The molecule has 1 aliphatic heterocycles. The zero-order chi connectivity index (χ0) is 16.4. The van der Waals surface area contributed by atoms with Crippen molar-refractivity contribution in [1.29, 1.82) is 0 Å². The maximum Gasteiger partial charge on any atom is 0.246 e. The van der Waals surface area contributed by atoms with E-state index in [0.717, 1.165) is 5.56 Å². The zero-order valence-corrected chi connectivity index (χ0v) is 14.0. The van der Waals surface area contributed by atoms with E-state index in [4.69, 9.17) is 5.73 Å². The van der Waals surface area contributed by atoms with E-state index < -0.39 is 10.0 Å². The number of hydrogen-bond acceptors (Lipinski definition) is 4. The molecule has 6 nitrogen and oxygen atoms in total. The highest BCUT2D eigenvalue weighted by Gasteiger charge is 2.39. The van der Waals surface area contributed by atoms with E-state index in [2.05, 4.69) is 5.10 Å². The molecular weight excluding hydrogens is 312 g/mol. The molecule has 1 fully saturated rings. The third-order valence-corrected chi connectivity index (χ3v) is 6.29. The monoisotopic (exact) mass is 334 g/mol. The van der Waals surface area contributed by atoms with E-state index in [1.54, 1.807) is 15.2 Å². The van der Waals surface area contributed by atoms with E-state index in [1.165, 1.54) is 6.20 Å². The second kappa shape index (κ2) is 6.43. The highest BCUT2D eigenvalue weighted by Crippen LogP contribution is 2.34. The molecule has 1 aliphatic rings. The summed E-state index contributed by atoms with van der Waals surface area (Å²) in [5, 5.41) is 4.07. The lowest BCUT2D eigenvalue weighted by Gasteiger charge is -2.16. The molecule has 2 heterocycles. The minimum Gasteiger partial charge on any atom is -0.330 e. The summed E-state index contributed by atoms with van der Waals surface area (Å²) in [6.45, 7) is 3.96. The number of aromatic nitrogens is 2. The number of benzene rings is 1. The van der Waals surface area contributed by atoms with Gasteiger partial charge in [0.15, 0.2) is 0 Å². The fourth-order valence-corrected chi connectivity index (χ4v) is 4.62. The van der Waals surface area contributed by atoms with Crippen LogP contribution in [0, 0.1) is 5.92 Å². The van der Waals surface area contributed by atoms with Gasteiger partial charge in [-0.15, -0.1) is 0 Å². The third kappa shape index (κ3) is 3.04. The van der Waals surface area contributed by atoms with Crippen molar-refractivity contribution in [2.75, 3.05) is 19.6 Å². The van der Waals surface area contributed by atoms with Crippen LogP contribution in [0.4, 0.5) is 0 Å². The fourth-order valence-electron chi connectivity index (χ4n) is 3.14. The molecule has 1 aromatic heterocycles. The van der Waals surface area contributed by atoms with Crippen molar-refractivity contribution < 1.29 is 8.42 Å². The molecule has 0 spiro atoms. The van der Waals surface area contributed by atoms with Gasteiger partial charge < -0.3 is 5.73 Å². The van der Waals surface area contributed by atoms with Gasteiger partial charge in [-0.25, -0.2) is 8.42 Å². The predicted octanol–water partition coefficient (Wildman–Crippen LogP) is 1.27. The Morgan fingerprint density at radius 3 is 2.61 bits per heavy atom. The van der Waals surface area contributed by atoms with Crippen LogP contribution in [0.1, 0.15) is 18.4 Å². The Morgan fingerprint density at radius 1 is 1.26 bits per heavy atom. The number of rotatable bonds is 5. The van der Waals surface area contributed by atoms with Crippen LogP contribution in [0.3, 0.4) is 0 Å². The van der Waals surface area contributed by atoms with E-state index in [0.29, 0.717) is 26.2 Å². The van der Waals surface area contributed by atoms with Crippen LogP contribution in [0.5, 0.6) is 0 Å². The average Bonchev–Trinajstić information content (AvgIpc) is 3.23. The summed E-state index contributed by atoms with van der Waals surface area (Å²) in [6.07, 6.45) is 3.01. The van der Waals surface area contributed by atoms with Gasteiger partial charge in [0, 0.05) is 31.7 Å². The largest absolute Gasteiger partial charge is 0.330 e. The number of hydrogen-bond donors (Lipinski definition) is 1. The quantitative estimate of drug-likeness (QED) is 0.893. The normalized spacial score (nSPS) is 22.5. The first-order chi connectivity index (χ1) is 11.1. The number of aryl methyl sites for hydroxylation is 1. The first kappa shape index (κ1) is 16.2. The van der Waals surface area contributed by atoms with Crippen LogP contribution in [-0.4, -0.2) is 42.1 Å². The summed E-state index contributed by atoms with van der Waals surface area (Å²) in [6, 6.07) is 10.00. The predicted molar refractivity (Wildman–Crippen MR) is 88.4 cm³/mol. The second-order valence-corrected chi connectivity index (χ2v) is 7.80. The Labute approximate surface area is 137 Å². The van der Waals surface area contributed by atoms with Gasteiger partial charge in [0.1, 0.15) is 4.90 Å². The van der Waals surface area contributed by atoms with Crippen molar-refractivity contribution in [2.45, 2.75) is 24.3 Å². The molecule has 0 aliphatic carbocycles. The van der Waals surface area contributed by atoms with Crippen molar-refractivity contribution >= 4 is 10.0 Å². The van der Waals surface area contributed by atoms with Gasteiger partial charge in [-0.2, -0.15) is 9.40 Å². The molecule has 1 aromatic carbocycles. The van der Waals surface area contributed by atoms with E-state index >= 15 is 0 Å². The van der Waals surface area contributed by atoms with E-state index in [1.807, 2.05) is 37.3 Å². The number of nitrogens with two attached hydrogens (primary N) is 1. The average molecular weight is 334 g/mol. The van der Waals surface area contributed by atoms with Crippen molar-refractivity contribution in [3.05, 3.63) is 48.3 Å². The van der Waals surface area contributed by atoms with Crippen LogP contribution in [0.25, 0.3) is 0 Å². The van der Waals surface area contributed by atoms with Gasteiger partial charge in [0.05, 0.1) is 6.20 Å². The van der Waals surface area contributed by atoms with Crippen LogP contribution >= 0.6 is 0 Å². The molecule has 3 rings (SSSR count). The minimum atomic E-state index is -3.52. The number of nitrogens with zero attached hydrogens (tertiary/aromatic N) is 3. The molecule has 1 saturated heterocycles. The molecule has 0 amide bonds. The molecule has 124 valence electrons. The molecule has 2 N–H and O–H groups in total. The standard InChI is InChI=1S/C16H22N4O2S/c1-2-19-11-15(9-18-19)23(21,22)20-10-14(8-17)16(12-20)13-6-4-3-5-7-13/h3-7,9,11,14,16H,2,8,10,12,17H2,1H3/t14-,16+/m1/s1. The van der Waals surface area contributed by atoms with Crippen LogP contribution < -0.4 is 5.73 Å². The Kier molecular flexibility index (Phi) is 4.52. The fraction of sp³-hybridized carbons (Fsp3) is 0.438. The lowest BCUT2D eigenvalue weighted by molar-refractivity contribution is 0.459. The summed E-state index contributed by atoms with van der Waals surface area (Å²) in [7, 11) is -3.52. The van der Waals surface area contributed by atoms with Crippen molar-refractivity contribution in [3.8, 4) is 0 Å². The summed E-state index contributed by atoms with van der Waals surface area (Å²) >= 11 is 0. The number of sulfonamides is 1. The Morgan fingerprint density at radius 2 is 2.00 bits per heavy atom. The van der Waals surface area contributed by atoms with Gasteiger partial charge in [0.2, 0.25) is 10.0 Å². The highest BCUT2D eigenvalue weighted by molar-refractivity contribution is 7.89. The van der Waals surface area contributed by atoms with Crippen molar-refractivity contribution in [2.24, 2.45) is 11.7 Å². The SMILES string of the molecule is CCn1cc(S(=O)(=O)N2C[C@@H](CN)[C@H](c3ccccc3)C2)cn1. The molecule has 2 atom stereocenters. The van der Waals surface area contributed by atoms with Gasteiger partial charge in [-0.3, -0.25) is 4.68 Å². The minimum absolute atomic E-state index is 0.133. The van der Waals surface area contributed by atoms with Gasteiger partial charge in [-0.05, 0) is 24.9 Å². The van der Waals surface area contributed by atoms with E-state index in [-0.39, 0.29) is 16.7 Å². The molecule has 7 heteroatoms. The Bertz CT molecular complexity index is 757. The molecule has 23 heavy (non-hydrogen) atoms. The first-order valence-electron chi connectivity index (χ1n) is 7.84. The molecule has 0 bridgehead atoms. The van der Waals surface area contributed by atoms with Gasteiger partial charge in [-0.1, -0.05) is 30.3 Å². The third-order valence-electron chi connectivity index (χ3n) is 4.51. The van der Waals surface area contributed by atoms with Crippen LogP contribution in [-0.2, 0) is 16.6 Å². The maximum atomic E-state index is 12.8. The molecular formula is C16H22N4O2S. The summed E-state index contributed by atoms with van der Waals surface area (Å²) < 4.78 is 28.8. The lowest BCUT2D eigenvalue weighted by Crippen LogP contribution is -2.29. The zero-order valence-electron chi connectivity index (χ0n) is 13.2. The maximum absolute atomic E-state index is 12.8. The summed E-state index contributed by atoms with van der Waals surface area (Å²) in [4.78, 5) is 0.254. The molecule has 2 aromatic rings.